The third-order valence-corrected chi connectivity index (χ3v) is 4.86. The number of aryl methyl sites for hydroxylation is 1. The molecule has 2 heterocycles. The molecule has 1 atom stereocenters. The highest BCUT2D eigenvalue weighted by Gasteiger charge is 2.16. The van der Waals surface area contributed by atoms with Gasteiger partial charge in [0, 0.05) is 37.1 Å². The Hall–Kier alpha value is 0.100. The van der Waals surface area contributed by atoms with Crippen molar-refractivity contribution in [3.63, 3.8) is 0 Å². The highest BCUT2D eigenvalue weighted by Crippen LogP contribution is 2.28. The van der Waals surface area contributed by atoms with Gasteiger partial charge in [0.15, 0.2) is 0 Å². The normalized spacial score (nSPS) is 23.3. The molecule has 15 heavy (non-hydrogen) atoms. The van der Waals surface area contributed by atoms with Crippen molar-refractivity contribution in [2.24, 2.45) is 0 Å². The smallest absolute Gasteiger partial charge is 0.0730 e. The van der Waals surface area contributed by atoms with Gasteiger partial charge >= 0.3 is 0 Å². The van der Waals surface area contributed by atoms with Crippen molar-refractivity contribution in [1.29, 1.82) is 0 Å². The van der Waals surface area contributed by atoms with Crippen LogP contribution in [0.25, 0.3) is 0 Å². The Balaban J connectivity index is 1.96. The van der Waals surface area contributed by atoms with Gasteiger partial charge in [-0.1, -0.05) is 0 Å². The first-order valence-electron chi connectivity index (χ1n) is 5.35. The molecule has 0 radical (unpaired) electrons. The standard InChI is InChI=1S/C11H17BrN2S/c1-8-5-10(15-11(8)12)7-14-4-3-13-9(2)6-14/h5,9,13H,3-4,6-7H2,1-2H3. The maximum Gasteiger partial charge on any atom is 0.0730 e. The molecule has 1 N–H and O–H groups in total. The topological polar surface area (TPSA) is 15.3 Å². The SMILES string of the molecule is Cc1cc(CN2CCNC(C)C2)sc1Br. The van der Waals surface area contributed by atoms with Crippen LogP contribution in [-0.2, 0) is 6.54 Å². The number of nitrogens with zero attached hydrogens (tertiary/aromatic N) is 1. The fourth-order valence-electron chi connectivity index (χ4n) is 1.98. The van der Waals surface area contributed by atoms with Gasteiger partial charge < -0.3 is 5.32 Å². The Bertz CT molecular complexity index is 318. The molecular weight excluding hydrogens is 272 g/mol. The van der Waals surface area contributed by atoms with Crippen LogP contribution in [0.15, 0.2) is 9.85 Å². The Morgan fingerprint density at radius 1 is 1.67 bits per heavy atom. The van der Waals surface area contributed by atoms with Gasteiger partial charge in [-0.15, -0.1) is 11.3 Å². The van der Waals surface area contributed by atoms with Gasteiger partial charge in [-0.2, -0.15) is 0 Å². The predicted molar refractivity (Wildman–Crippen MR) is 69.5 cm³/mol. The van der Waals surface area contributed by atoms with Gasteiger partial charge in [0.1, 0.15) is 0 Å². The fourth-order valence-corrected chi connectivity index (χ4v) is 3.65. The summed E-state index contributed by atoms with van der Waals surface area (Å²) in [6.45, 7) is 8.95. The van der Waals surface area contributed by atoms with E-state index in [-0.39, 0.29) is 0 Å². The van der Waals surface area contributed by atoms with Gasteiger partial charge in [-0.25, -0.2) is 0 Å². The van der Waals surface area contributed by atoms with Gasteiger partial charge in [-0.05, 0) is 41.4 Å². The van der Waals surface area contributed by atoms with Crippen LogP contribution >= 0.6 is 27.3 Å². The quantitative estimate of drug-likeness (QED) is 0.900. The molecule has 0 saturated carbocycles. The molecular formula is C11H17BrN2S. The number of thiophene rings is 1. The molecule has 1 aliphatic heterocycles. The van der Waals surface area contributed by atoms with E-state index in [9.17, 15) is 0 Å². The van der Waals surface area contributed by atoms with Crippen molar-refractivity contribution in [2.45, 2.75) is 26.4 Å². The molecule has 0 aliphatic carbocycles. The molecule has 1 aliphatic rings. The first-order chi connectivity index (χ1) is 7.15. The Labute approximate surface area is 104 Å². The maximum atomic E-state index is 3.58. The molecule has 0 spiro atoms. The minimum Gasteiger partial charge on any atom is -0.312 e. The van der Waals surface area contributed by atoms with Crippen LogP contribution in [0.1, 0.15) is 17.4 Å². The molecule has 1 aromatic heterocycles. The van der Waals surface area contributed by atoms with E-state index in [2.05, 4.69) is 46.1 Å². The monoisotopic (exact) mass is 288 g/mol. The van der Waals surface area contributed by atoms with Gasteiger partial charge in [0.25, 0.3) is 0 Å². The highest BCUT2D eigenvalue weighted by atomic mass is 79.9. The summed E-state index contributed by atoms with van der Waals surface area (Å²) in [6.07, 6.45) is 0. The first kappa shape index (κ1) is 11.6. The van der Waals surface area contributed by atoms with Crippen LogP contribution in [0.3, 0.4) is 0 Å². The van der Waals surface area contributed by atoms with Crippen LogP contribution in [0.5, 0.6) is 0 Å². The van der Waals surface area contributed by atoms with E-state index >= 15 is 0 Å². The fraction of sp³-hybridized carbons (Fsp3) is 0.636. The minimum atomic E-state index is 0.628. The summed E-state index contributed by atoms with van der Waals surface area (Å²) >= 11 is 5.44. The molecule has 0 amide bonds. The number of hydrogen-bond acceptors (Lipinski definition) is 3. The minimum absolute atomic E-state index is 0.628. The number of halogens is 1. The van der Waals surface area contributed by atoms with E-state index in [1.54, 1.807) is 0 Å². The molecule has 1 unspecified atom stereocenters. The molecule has 2 rings (SSSR count). The second-order valence-electron chi connectivity index (χ2n) is 4.26. The number of piperazine rings is 1. The van der Waals surface area contributed by atoms with Gasteiger partial charge in [-0.3, -0.25) is 4.90 Å². The van der Waals surface area contributed by atoms with Crippen molar-refractivity contribution in [3.8, 4) is 0 Å². The average molecular weight is 289 g/mol. The lowest BCUT2D eigenvalue weighted by atomic mass is 10.2. The first-order valence-corrected chi connectivity index (χ1v) is 6.96. The van der Waals surface area contributed by atoms with Crippen LogP contribution in [0.4, 0.5) is 0 Å². The largest absolute Gasteiger partial charge is 0.312 e. The van der Waals surface area contributed by atoms with Crippen LogP contribution in [0.2, 0.25) is 0 Å². The Kier molecular flexibility index (Phi) is 3.83. The molecule has 4 heteroatoms. The lowest BCUT2D eigenvalue weighted by molar-refractivity contribution is 0.201. The summed E-state index contributed by atoms with van der Waals surface area (Å²) in [5.41, 5.74) is 1.36. The summed E-state index contributed by atoms with van der Waals surface area (Å²) in [6, 6.07) is 2.92. The zero-order valence-corrected chi connectivity index (χ0v) is 11.6. The van der Waals surface area contributed by atoms with Crippen molar-refractivity contribution in [3.05, 3.63) is 20.3 Å². The second-order valence-corrected chi connectivity index (χ2v) is 6.71. The summed E-state index contributed by atoms with van der Waals surface area (Å²) in [4.78, 5) is 3.99. The summed E-state index contributed by atoms with van der Waals surface area (Å²) in [7, 11) is 0. The summed E-state index contributed by atoms with van der Waals surface area (Å²) < 4.78 is 1.28. The zero-order valence-electron chi connectivity index (χ0n) is 9.22. The molecule has 0 bridgehead atoms. The van der Waals surface area contributed by atoms with Crippen molar-refractivity contribution in [1.82, 2.24) is 10.2 Å². The second kappa shape index (κ2) is 4.95. The van der Waals surface area contributed by atoms with E-state index in [1.807, 2.05) is 11.3 Å². The Morgan fingerprint density at radius 3 is 3.07 bits per heavy atom. The lowest BCUT2D eigenvalue weighted by Crippen LogP contribution is -2.48. The maximum absolute atomic E-state index is 3.58. The zero-order chi connectivity index (χ0) is 10.8. The van der Waals surface area contributed by atoms with Gasteiger partial charge in [0.05, 0.1) is 3.79 Å². The van der Waals surface area contributed by atoms with Crippen LogP contribution < -0.4 is 5.32 Å². The van der Waals surface area contributed by atoms with E-state index < -0.39 is 0 Å². The number of rotatable bonds is 2. The lowest BCUT2D eigenvalue weighted by Gasteiger charge is -2.31. The van der Waals surface area contributed by atoms with E-state index in [0.717, 1.165) is 19.6 Å². The number of nitrogens with one attached hydrogen (secondary N) is 1. The van der Waals surface area contributed by atoms with Crippen molar-refractivity contribution in [2.75, 3.05) is 19.6 Å². The molecule has 0 aromatic carbocycles. The van der Waals surface area contributed by atoms with Gasteiger partial charge in [0.2, 0.25) is 0 Å². The molecule has 1 saturated heterocycles. The van der Waals surface area contributed by atoms with E-state index in [1.165, 1.54) is 20.8 Å². The molecule has 2 nitrogen and oxygen atoms in total. The third-order valence-electron chi connectivity index (χ3n) is 2.74. The number of hydrogen-bond donors (Lipinski definition) is 1. The summed E-state index contributed by atoms with van der Waals surface area (Å²) in [5.74, 6) is 0. The Morgan fingerprint density at radius 2 is 2.47 bits per heavy atom. The molecule has 84 valence electrons. The average Bonchev–Trinajstić information content (AvgIpc) is 2.45. The van der Waals surface area contributed by atoms with Crippen molar-refractivity contribution >= 4 is 27.3 Å². The highest BCUT2D eigenvalue weighted by molar-refractivity contribution is 9.11. The van der Waals surface area contributed by atoms with E-state index in [0.29, 0.717) is 6.04 Å². The van der Waals surface area contributed by atoms with E-state index in [4.69, 9.17) is 0 Å². The summed E-state index contributed by atoms with van der Waals surface area (Å²) in [5, 5.41) is 3.47. The molecule has 1 fully saturated rings. The molecule has 1 aromatic rings. The third kappa shape index (κ3) is 3.03. The van der Waals surface area contributed by atoms with Crippen LogP contribution in [-0.4, -0.2) is 30.6 Å². The van der Waals surface area contributed by atoms with Crippen molar-refractivity contribution < 1.29 is 0 Å². The van der Waals surface area contributed by atoms with Crippen LogP contribution in [0, 0.1) is 6.92 Å². The predicted octanol–water partition coefficient (Wildman–Crippen LogP) is 2.61.